The Hall–Kier alpha value is -0.860. The van der Waals surface area contributed by atoms with Gasteiger partial charge in [0, 0.05) is 25.2 Å². The van der Waals surface area contributed by atoms with Crippen LogP contribution in [0.4, 0.5) is 0 Å². The van der Waals surface area contributed by atoms with Crippen molar-refractivity contribution in [1.29, 1.82) is 0 Å². The van der Waals surface area contributed by atoms with E-state index < -0.39 is 0 Å². The van der Waals surface area contributed by atoms with E-state index in [9.17, 15) is 0 Å². The van der Waals surface area contributed by atoms with Gasteiger partial charge in [0.15, 0.2) is 0 Å². The van der Waals surface area contributed by atoms with E-state index in [0.717, 1.165) is 13.0 Å². The zero-order valence-electron chi connectivity index (χ0n) is 14.6. The van der Waals surface area contributed by atoms with Crippen LogP contribution in [0, 0.1) is 5.92 Å². The normalized spacial score (nSPS) is 13.4. The van der Waals surface area contributed by atoms with Gasteiger partial charge in [-0.15, -0.1) is 0 Å². The van der Waals surface area contributed by atoms with Gasteiger partial charge < -0.3 is 5.73 Å². The summed E-state index contributed by atoms with van der Waals surface area (Å²) in [6.45, 7) is 13.2. The molecule has 1 unspecified atom stereocenters. The number of nitrogens with zero attached hydrogens (tertiary/aromatic N) is 1. The number of hydrogen-bond donors (Lipinski definition) is 1. The molecule has 0 saturated heterocycles. The predicted molar refractivity (Wildman–Crippen MR) is 93.5 cm³/mol. The van der Waals surface area contributed by atoms with Gasteiger partial charge in [-0.25, -0.2) is 0 Å². The zero-order valence-corrected chi connectivity index (χ0v) is 14.6. The SMILES string of the molecule is CCc1ccc(C(CN)N(CC(C)C)C(CC)CC)cc1. The minimum absolute atomic E-state index is 0.336. The van der Waals surface area contributed by atoms with E-state index in [1.165, 1.54) is 24.0 Å². The lowest BCUT2D eigenvalue weighted by molar-refractivity contribution is 0.112. The topological polar surface area (TPSA) is 29.3 Å². The highest BCUT2D eigenvalue weighted by atomic mass is 15.2. The second kappa shape index (κ2) is 9.22. The van der Waals surface area contributed by atoms with Crippen LogP contribution in [0.15, 0.2) is 24.3 Å². The highest BCUT2D eigenvalue weighted by Gasteiger charge is 2.25. The molecule has 120 valence electrons. The molecule has 2 N–H and O–H groups in total. The van der Waals surface area contributed by atoms with Crippen LogP contribution in [-0.4, -0.2) is 24.0 Å². The molecule has 0 heterocycles. The van der Waals surface area contributed by atoms with Gasteiger partial charge in [-0.2, -0.15) is 0 Å². The number of benzene rings is 1. The van der Waals surface area contributed by atoms with Gasteiger partial charge in [-0.3, -0.25) is 4.90 Å². The van der Waals surface area contributed by atoms with Crippen LogP contribution in [-0.2, 0) is 6.42 Å². The smallest absolute Gasteiger partial charge is 0.0473 e. The molecular formula is C19H34N2. The van der Waals surface area contributed by atoms with Crippen LogP contribution in [0.25, 0.3) is 0 Å². The Morgan fingerprint density at radius 1 is 1.00 bits per heavy atom. The average Bonchev–Trinajstić information content (AvgIpc) is 2.49. The van der Waals surface area contributed by atoms with E-state index >= 15 is 0 Å². The Morgan fingerprint density at radius 3 is 1.95 bits per heavy atom. The Bertz CT molecular complexity index is 379. The summed E-state index contributed by atoms with van der Waals surface area (Å²) in [5, 5.41) is 0. The van der Waals surface area contributed by atoms with E-state index in [-0.39, 0.29) is 0 Å². The largest absolute Gasteiger partial charge is 0.329 e. The summed E-state index contributed by atoms with van der Waals surface area (Å²) in [5.74, 6) is 0.662. The van der Waals surface area contributed by atoms with E-state index in [1.54, 1.807) is 0 Å². The van der Waals surface area contributed by atoms with E-state index in [4.69, 9.17) is 5.73 Å². The van der Waals surface area contributed by atoms with Gasteiger partial charge in [0.05, 0.1) is 0 Å². The Morgan fingerprint density at radius 2 is 1.57 bits per heavy atom. The molecule has 0 aromatic heterocycles. The first-order valence-electron chi connectivity index (χ1n) is 8.61. The molecule has 0 saturated carbocycles. The Balaban J connectivity index is 3.03. The second-order valence-corrected chi connectivity index (χ2v) is 6.41. The molecule has 2 nitrogen and oxygen atoms in total. The molecule has 0 fully saturated rings. The third kappa shape index (κ3) is 5.12. The van der Waals surface area contributed by atoms with E-state index in [2.05, 4.69) is 63.8 Å². The maximum Gasteiger partial charge on any atom is 0.0473 e. The van der Waals surface area contributed by atoms with Crippen LogP contribution in [0.5, 0.6) is 0 Å². The average molecular weight is 290 g/mol. The van der Waals surface area contributed by atoms with Crippen LogP contribution < -0.4 is 5.73 Å². The van der Waals surface area contributed by atoms with Crippen molar-refractivity contribution in [3.63, 3.8) is 0 Å². The monoisotopic (exact) mass is 290 g/mol. The minimum Gasteiger partial charge on any atom is -0.329 e. The van der Waals surface area contributed by atoms with Crippen LogP contribution in [0.2, 0.25) is 0 Å². The van der Waals surface area contributed by atoms with Crippen LogP contribution in [0.3, 0.4) is 0 Å². The van der Waals surface area contributed by atoms with Gasteiger partial charge in [0.25, 0.3) is 0 Å². The molecule has 0 bridgehead atoms. The lowest BCUT2D eigenvalue weighted by atomic mass is 9.98. The predicted octanol–water partition coefficient (Wildman–Crippen LogP) is 4.40. The first kappa shape index (κ1) is 18.2. The summed E-state index contributed by atoms with van der Waals surface area (Å²) in [6.07, 6.45) is 3.47. The van der Waals surface area contributed by atoms with E-state index in [1.807, 2.05) is 0 Å². The number of hydrogen-bond acceptors (Lipinski definition) is 2. The van der Waals surface area contributed by atoms with Crippen molar-refractivity contribution in [3.8, 4) is 0 Å². The summed E-state index contributed by atoms with van der Waals surface area (Å²) >= 11 is 0. The molecule has 1 aromatic carbocycles. The molecule has 0 amide bonds. The second-order valence-electron chi connectivity index (χ2n) is 6.41. The molecule has 0 spiro atoms. The highest BCUT2D eigenvalue weighted by Crippen LogP contribution is 2.26. The standard InChI is InChI=1S/C19H34N2/c1-6-16-9-11-17(12-10-16)19(13-20)21(14-15(4)5)18(7-2)8-3/h9-12,15,18-19H,6-8,13-14,20H2,1-5H3. The Kier molecular flexibility index (Phi) is 7.98. The molecule has 0 radical (unpaired) electrons. The van der Waals surface area contributed by atoms with Gasteiger partial charge in [-0.1, -0.05) is 58.9 Å². The van der Waals surface area contributed by atoms with Crippen molar-refractivity contribution in [2.24, 2.45) is 11.7 Å². The summed E-state index contributed by atoms with van der Waals surface area (Å²) in [5.41, 5.74) is 8.92. The molecule has 1 atom stereocenters. The number of rotatable bonds is 9. The summed E-state index contributed by atoms with van der Waals surface area (Å²) in [4.78, 5) is 2.63. The summed E-state index contributed by atoms with van der Waals surface area (Å²) < 4.78 is 0. The third-order valence-electron chi connectivity index (χ3n) is 4.38. The molecule has 0 aliphatic rings. The maximum absolute atomic E-state index is 6.16. The minimum atomic E-state index is 0.336. The molecular weight excluding hydrogens is 256 g/mol. The van der Waals surface area contributed by atoms with Crippen molar-refractivity contribution in [2.75, 3.05) is 13.1 Å². The molecule has 2 heteroatoms. The summed E-state index contributed by atoms with van der Waals surface area (Å²) in [6, 6.07) is 9.99. The first-order chi connectivity index (χ1) is 10.1. The third-order valence-corrected chi connectivity index (χ3v) is 4.38. The Labute approximate surface area is 131 Å². The fourth-order valence-corrected chi connectivity index (χ4v) is 3.15. The van der Waals surface area contributed by atoms with Crippen molar-refractivity contribution in [1.82, 2.24) is 4.90 Å². The van der Waals surface area contributed by atoms with Gasteiger partial charge in [0.1, 0.15) is 0 Å². The van der Waals surface area contributed by atoms with Crippen molar-refractivity contribution < 1.29 is 0 Å². The zero-order chi connectivity index (χ0) is 15.8. The fraction of sp³-hybridized carbons (Fsp3) is 0.684. The van der Waals surface area contributed by atoms with Crippen LogP contribution in [0.1, 0.15) is 64.6 Å². The van der Waals surface area contributed by atoms with Crippen LogP contribution >= 0.6 is 0 Å². The molecule has 21 heavy (non-hydrogen) atoms. The maximum atomic E-state index is 6.16. The van der Waals surface area contributed by atoms with Crippen molar-refractivity contribution in [2.45, 2.75) is 66.0 Å². The molecule has 1 aromatic rings. The summed E-state index contributed by atoms with van der Waals surface area (Å²) in [7, 11) is 0. The lowest BCUT2D eigenvalue weighted by Gasteiger charge is -2.38. The van der Waals surface area contributed by atoms with Crippen molar-refractivity contribution >= 4 is 0 Å². The van der Waals surface area contributed by atoms with E-state index in [0.29, 0.717) is 24.5 Å². The number of nitrogens with two attached hydrogens (primary N) is 1. The van der Waals surface area contributed by atoms with Gasteiger partial charge in [-0.05, 0) is 36.3 Å². The first-order valence-corrected chi connectivity index (χ1v) is 8.61. The highest BCUT2D eigenvalue weighted by molar-refractivity contribution is 5.25. The fourth-order valence-electron chi connectivity index (χ4n) is 3.15. The quantitative estimate of drug-likeness (QED) is 0.730. The van der Waals surface area contributed by atoms with Crippen molar-refractivity contribution in [3.05, 3.63) is 35.4 Å². The van der Waals surface area contributed by atoms with Gasteiger partial charge >= 0.3 is 0 Å². The lowest BCUT2D eigenvalue weighted by Crippen LogP contribution is -2.43. The molecule has 1 rings (SSSR count). The number of aryl methyl sites for hydroxylation is 1. The molecule has 0 aliphatic heterocycles. The molecule has 0 aliphatic carbocycles. The van der Waals surface area contributed by atoms with Gasteiger partial charge in [0.2, 0.25) is 0 Å².